The van der Waals surface area contributed by atoms with Crippen molar-refractivity contribution >= 4 is 28.6 Å². The number of benzene rings is 2. The van der Waals surface area contributed by atoms with Crippen LogP contribution in [0.3, 0.4) is 0 Å². The van der Waals surface area contributed by atoms with Crippen LogP contribution in [0.15, 0.2) is 58.5 Å². The number of anilines is 1. The van der Waals surface area contributed by atoms with Gasteiger partial charge in [-0.1, -0.05) is 18.2 Å². The van der Waals surface area contributed by atoms with E-state index in [0.29, 0.717) is 28.5 Å². The smallest absolute Gasteiger partial charge is 0.266 e. The van der Waals surface area contributed by atoms with Gasteiger partial charge in [0.1, 0.15) is 23.0 Å². The summed E-state index contributed by atoms with van der Waals surface area (Å²) in [5.41, 5.74) is 1.11. The van der Waals surface area contributed by atoms with Gasteiger partial charge in [0.25, 0.3) is 5.91 Å². The molecule has 3 aromatic rings. The fraction of sp³-hybridized carbons (Fsp3) is 0.100. The summed E-state index contributed by atoms with van der Waals surface area (Å²) < 4.78 is 16.0. The van der Waals surface area contributed by atoms with Crippen molar-refractivity contribution in [3.63, 3.8) is 0 Å². The highest BCUT2D eigenvalue weighted by molar-refractivity contribution is 6.09. The molecule has 0 unspecified atom stereocenters. The van der Waals surface area contributed by atoms with Gasteiger partial charge in [0.15, 0.2) is 11.5 Å². The second-order valence-electron chi connectivity index (χ2n) is 5.38. The van der Waals surface area contributed by atoms with Crippen molar-refractivity contribution in [3.05, 3.63) is 59.9 Å². The van der Waals surface area contributed by atoms with Gasteiger partial charge in [-0.25, -0.2) is 0 Å². The Kier molecular flexibility index (Phi) is 4.90. The molecular weight excluding hydrogens is 332 g/mol. The molecule has 0 aliphatic rings. The minimum atomic E-state index is -0.542. The van der Waals surface area contributed by atoms with Gasteiger partial charge in [0.05, 0.1) is 14.2 Å². The molecule has 0 spiro atoms. The van der Waals surface area contributed by atoms with Crippen LogP contribution in [0.1, 0.15) is 5.76 Å². The molecule has 1 N–H and O–H groups in total. The fourth-order valence-electron chi connectivity index (χ4n) is 2.48. The highest BCUT2D eigenvalue weighted by Gasteiger charge is 2.13. The van der Waals surface area contributed by atoms with Gasteiger partial charge >= 0.3 is 0 Å². The van der Waals surface area contributed by atoms with Crippen molar-refractivity contribution in [1.29, 1.82) is 5.26 Å². The Labute approximate surface area is 150 Å². The minimum absolute atomic E-state index is 0.0705. The van der Waals surface area contributed by atoms with E-state index in [1.54, 1.807) is 24.3 Å². The van der Waals surface area contributed by atoms with Gasteiger partial charge in [0.2, 0.25) is 0 Å². The summed E-state index contributed by atoms with van der Waals surface area (Å²) in [4.78, 5) is 12.4. The van der Waals surface area contributed by atoms with Crippen LogP contribution in [-0.2, 0) is 4.79 Å². The lowest BCUT2D eigenvalue weighted by atomic mass is 10.2. The van der Waals surface area contributed by atoms with Crippen molar-refractivity contribution in [2.75, 3.05) is 19.5 Å². The van der Waals surface area contributed by atoms with Crippen LogP contribution >= 0.6 is 0 Å². The molecule has 0 atom stereocenters. The number of hydrogen-bond donors (Lipinski definition) is 1. The Morgan fingerprint density at radius 3 is 2.58 bits per heavy atom. The zero-order valence-corrected chi connectivity index (χ0v) is 14.3. The van der Waals surface area contributed by atoms with E-state index >= 15 is 0 Å². The SMILES string of the molecule is COc1ccc(NC(=O)/C(C#N)=C/c2cc3ccccc3o2)cc1OC. The lowest BCUT2D eigenvalue weighted by Crippen LogP contribution is -2.13. The normalized spacial score (nSPS) is 11.0. The predicted molar refractivity (Wildman–Crippen MR) is 98.0 cm³/mol. The van der Waals surface area contributed by atoms with Gasteiger partial charge in [-0.3, -0.25) is 4.79 Å². The third-order valence-corrected chi connectivity index (χ3v) is 3.74. The number of amides is 1. The van der Waals surface area contributed by atoms with Crippen molar-refractivity contribution in [2.45, 2.75) is 0 Å². The van der Waals surface area contributed by atoms with Crippen molar-refractivity contribution in [2.24, 2.45) is 0 Å². The third-order valence-electron chi connectivity index (χ3n) is 3.74. The van der Waals surface area contributed by atoms with E-state index in [2.05, 4.69) is 5.32 Å². The standard InChI is InChI=1S/C20H16N2O4/c1-24-18-8-7-15(11-19(18)25-2)22-20(23)14(12-21)10-16-9-13-5-3-4-6-17(13)26-16/h3-11H,1-2H3,(H,22,23)/b14-10+. The van der Waals surface area contributed by atoms with Crippen LogP contribution in [-0.4, -0.2) is 20.1 Å². The highest BCUT2D eigenvalue weighted by Crippen LogP contribution is 2.30. The third kappa shape index (κ3) is 3.52. The van der Waals surface area contributed by atoms with Crippen molar-refractivity contribution in [1.82, 2.24) is 0 Å². The van der Waals surface area contributed by atoms with Crippen molar-refractivity contribution < 1.29 is 18.7 Å². The van der Waals surface area contributed by atoms with E-state index < -0.39 is 5.91 Å². The fourth-order valence-corrected chi connectivity index (χ4v) is 2.48. The first-order valence-corrected chi connectivity index (χ1v) is 7.78. The first-order valence-electron chi connectivity index (χ1n) is 7.78. The number of para-hydroxylation sites is 1. The van der Waals surface area contributed by atoms with Crippen LogP contribution in [0, 0.1) is 11.3 Å². The maximum atomic E-state index is 12.4. The number of nitrogens with zero attached hydrogens (tertiary/aromatic N) is 1. The zero-order valence-electron chi connectivity index (χ0n) is 14.3. The molecule has 6 nitrogen and oxygen atoms in total. The number of nitrogens with one attached hydrogen (secondary N) is 1. The molecule has 6 heteroatoms. The lowest BCUT2D eigenvalue weighted by Gasteiger charge is -2.10. The first-order chi connectivity index (χ1) is 12.6. The Morgan fingerprint density at radius 2 is 1.88 bits per heavy atom. The summed E-state index contributed by atoms with van der Waals surface area (Å²) in [6, 6.07) is 16.1. The Morgan fingerprint density at radius 1 is 1.12 bits per heavy atom. The molecule has 0 saturated heterocycles. The largest absolute Gasteiger partial charge is 0.493 e. The quantitative estimate of drug-likeness (QED) is 0.556. The molecule has 1 amide bonds. The van der Waals surface area contributed by atoms with Gasteiger partial charge in [-0.05, 0) is 24.3 Å². The molecule has 2 aromatic carbocycles. The number of carbonyl (C=O) groups is 1. The average Bonchev–Trinajstić information content (AvgIpc) is 3.08. The van der Waals surface area contributed by atoms with Crippen LogP contribution in [0.4, 0.5) is 5.69 Å². The number of methoxy groups -OCH3 is 2. The number of ether oxygens (including phenoxy) is 2. The van der Waals surface area contributed by atoms with E-state index in [-0.39, 0.29) is 5.57 Å². The molecule has 26 heavy (non-hydrogen) atoms. The van der Waals surface area contributed by atoms with Crippen LogP contribution in [0.25, 0.3) is 17.0 Å². The van der Waals surface area contributed by atoms with Crippen molar-refractivity contribution in [3.8, 4) is 17.6 Å². The molecule has 3 rings (SSSR count). The van der Waals surface area contributed by atoms with Gasteiger partial charge < -0.3 is 19.2 Å². The Bertz CT molecular complexity index is 995. The molecule has 130 valence electrons. The molecule has 0 aliphatic carbocycles. The van der Waals surface area contributed by atoms with E-state index in [9.17, 15) is 10.1 Å². The Balaban J connectivity index is 1.84. The summed E-state index contributed by atoms with van der Waals surface area (Å²) in [5.74, 6) is 0.916. The number of rotatable bonds is 5. The van der Waals surface area contributed by atoms with E-state index in [4.69, 9.17) is 13.9 Å². The molecule has 0 fully saturated rings. The van der Waals surface area contributed by atoms with E-state index in [1.165, 1.54) is 20.3 Å². The Hall–Kier alpha value is -3.72. The maximum absolute atomic E-state index is 12.4. The zero-order chi connectivity index (χ0) is 18.5. The number of carbonyl (C=O) groups excluding carboxylic acids is 1. The predicted octanol–water partition coefficient (Wildman–Crippen LogP) is 4.00. The molecule has 1 aromatic heterocycles. The molecule has 1 heterocycles. The monoisotopic (exact) mass is 348 g/mol. The molecule has 0 bridgehead atoms. The highest BCUT2D eigenvalue weighted by atomic mass is 16.5. The number of nitriles is 1. The second kappa shape index (κ2) is 7.45. The summed E-state index contributed by atoms with van der Waals surface area (Å²) in [6.07, 6.45) is 1.41. The minimum Gasteiger partial charge on any atom is -0.493 e. The van der Waals surface area contributed by atoms with Gasteiger partial charge in [0, 0.05) is 23.2 Å². The van der Waals surface area contributed by atoms with E-state index in [1.807, 2.05) is 30.3 Å². The van der Waals surface area contributed by atoms with Crippen LogP contribution in [0.2, 0.25) is 0 Å². The van der Waals surface area contributed by atoms with Crippen LogP contribution < -0.4 is 14.8 Å². The molecule has 0 aliphatic heterocycles. The molecular formula is C20H16N2O4. The average molecular weight is 348 g/mol. The summed E-state index contributed by atoms with van der Waals surface area (Å²) in [7, 11) is 3.03. The first kappa shape index (κ1) is 17.1. The van der Waals surface area contributed by atoms with Gasteiger partial charge in [-0.2, -0.15) is 5.26 Å². The number of hydrogen-bond acceptors (Lipinski definition) is 5. The van der Waals surface area contributed by atoms with Crippen LogP contribution in [0.5, 0.6) is 11.5 Å². The summed E-state index contributed by atoms with van der Waals surface area (Å²) >= 11 is 0. The summed E-state index contributed by atoms with van der Waals surface area (Å²) in [6.45, 7) is 0. The number of fused-ring (bicyclic) bond motifs is 1. The lowest BCUT2D eigenvalue weighted by molar-refractivity contribution is -0.112. The maximum Gasteiger partial charge on any atom is 0.266 e. The second-order valence-corrected chi connectivity index (χ2v) is 5.38. The van der Waals surface area contributed by atoms with Gasteiger partial charge in [-0.15, -0.1) is 0 Å². The number of furan rings is 1. The van der Waals surface area contributed by atoms with E-state index in [0.717, 1.165) is 5.39 Å². The summed E-state index contributed by atoms with van der Waals surface area (Å²) in [5, 5.41) is 12.9. The molecule has 0 saturated carbocycles. The topological polar surface area (TPSA) is 84.5 Å². The molecule has 0 radical (unpaired) electrons.